The van der Waals surface area contributed by atoms with Crippen molar-refractivity contribution in [3.8, 4) is 11.6 Å². The lowest BCUT2D eigenvalue weighted by Crippen LogP contribution is -2.44. The fourth-order valence-electron chi connectivity index (χ4n) is 4.65. The van der Waals surface area contributed by atoms with E-state index in [2.05, 4.69) is 15.6 Å². The van der Waals surface area contributed by atoms with Crippen LogP contribution in [-0.2, 0) is 0 Å². The number of hydrogen-bond donors (Lipinski definition) is 3. The van der Waals surface area contributed by atoms with Gasteiger partial charge in [-0.3, -0.25) is 9.59 Å². The Morgan fingerprint density at radius 1 is 1.03 bits per heavy atom. The van der Waals surface area contributed by atoms with Crippen LogP contribution in [0.4, 0.5) is 4.39 Å². The summed E-state index contributed by atoms with van der Waals surface area (Å²) >= 11 is 1.87. The Kier molecular flexibility index (Phi) is 9.62. The van der Waals surface area contributed by atoms with E-state index in [0.29, 0.717) is 37.0 Å². The van der Waals surface area contributed by atoms with E-state index in [-0.39, 0.29) is 48.8 Å². The van der Waals surface area contributed by atoms with Gasteiger partial charge in [0.15, 0.2) is 0 Å². The van der Waals surface area contributed by atoms with E-state index in [1.165, 1.54) is 6.07 Å². The molecule has 37 heavy (non-hydrogen) atoms. The monoisotopic (exact) mass is 531 g/mol. The zero-order valence-corrected chi connectivity index (χ0v) is 21.8. The molecule has 0 spiro atoms. The van der Waals surface area contributed by atoms with Crippen molar-refractivity contribution in [1.82, 2.24) is 15.6 Å². The highest BCUT2D eigenvalue weighted by molar-refractivity contribution is 7.99. The Labute approximate surface area is 220 Å². The molecule has 2 fully saturated rings. The first-order chi connectivity index (χ1) is 17.9. The Bertz CT molecular complexity index is 1090. The number of rotatable bonds is 9. The van der Waals surface area contributed by atoms with E-state index in [0.717, 1.165) is 36.1 Å². The molecule has 2 amide bonds. The van der Waals surface area contributed by atoms with Crippen molar-refractivity contribution in [2.24, 2.45) is 0 Å². The van der Waals surface area contributed by atoms with Crippen molar-refractivity contribution in [2.45, 2.75) is 63.6 Å². The maximum absolute atomic E-state index is 13.9. The van der Waals surface area contributed by atoms with E-state index in [1.54, 1.807) is 12.1 Å². The molecule has 0 bridgehead atoms. The van der Waals surface area contributed by atoms with Crippen LogP contribution in [0.1, 0.15) is 64.8 Å². The number of benzene rings is 1. The van der Waals surface area contributed by atoms with E-state index in [1.807, 2.05) is 24.8 Å². The number of halogens is 1. The number of pyridine rings is 1. The second kappa shape index (κ2) is 13.1. The van der Waals surface area contributed by atoms with Gasteiger partial charge in [-0.25, -0.2) is 9.37 Å². The molecule has 1 aliphatic heterocycles. The van der Waals surface area contributed by atoms with E-state index < -0.39 is 11.7 Å². The molecule has 1 aromatic carbocycles. The van der Waals surface area contributed by atoms with Gasteiger partial charge in [0.25, 0.3) is 11.8 Å². The molecule has 3 N–H and O–H groups in total. The minimum atomic E-state index is -0.582. The summed E-state index contributed by atoms with van der Waals surface area (Å²) in [7, 11) is 0. The number of aryl methyl sites for hydroxylation is 1. The molecule has 8 nitrogen and oxygen atoms in total. The third kappa shape index (κ3) is 7.58. The maximum Gasteiger partial charge on any atom is 0.257 e. The first-order valence-electron chi connectivity index (χ1n) is 12.8. The molecule has 200 valence electrons. The third-order valence-corrected chi connectivity index (χ3v) is 7.68. The lowest BCUT2D eigenvalue weighted by atomic mass is 9.90. The number of nitrogens with zero attached hydrogens (tertiary/aromatic N) is 1. The second-order valence-corrected chi connectivity index (χ2v) is 10.7. The number of carbonyl (C=O) groups excluding carboxylic acids is 2. The Hall–Kier alpha value is -2.85. The predicted molar refractivity (Wildman–Crippen MR) is 140 cm³/mol. The summed E-state index contributed by atoms with van der Waals surface area (Å²) in [5.41, 5.74) is 1.49. The molecular formula is C27H34FN3O5S. The molecular weight excluding hydrogens is 497 g/mol. The van der Waals surface area contributed by atoms with Gasteiger partial charge in [-0.15, -0.1) is 0 Å². The number of hydrogen-bond acceptors (Lipinski definition) is 7. The minimum absolute atomic E-state index is 0.0206. The van der Waals surface area contributed by atoms with Crippen LogP contribution in [0.25, 0.3) is 0 Å². The van der Waals surface area contributed by atoms with Crippen LogP contribution in [0.15, 0.2) is 30.5 Å². The smallest absolute Gasteiger partial charge is 0.257 e. The number of carbonyl (C=O) groups is 2. The van der Waals surface area contributed by atoms with Crippen LogP contribution in [0.2, 0.25) is 0 Å². The van der Waals surface area contributed by atoms with Gasteiger partial charge < -0.3 is 25.2 Å². The number of thioether (sulfide) groups is 1. The molecule has 2 aliphatic rings. The van der Waals surface area contributed by atoms with Crippen LogP contribution < -0.4 is 20.1 Å². The maximum atomic E-state index is 13.9. The molecule has 2 heterocycles. The van der Waals surface area contributed by atoms with E-state index >= 15 is 0 Å². The molecule has 1 saturated carbocycles. The van der Waals surface area contributed by atoms with Gasteiger partial charge in [0.2, 0.25) is 5.88 Å². The summed E-state index contributed by atoms with van der Waals surface area (Å²) in [6.45, 7) is 1.88. The summed E-state index contributed by atoms with van der Waals surface area (Å²) in [6, 6.07) is 6.41. The van der Waals surface area contributed by atoms with Crippen LogP contribution in [0.3, 0.4) is 0 Å². The van der Waals surface area contributed by atoms with Gasteiger partial charge in [0.1, 0.15) is 29.8 Å². The zero-order chi connectivity index (χ0) is 26.2. The Balaban J connectivity index is 1.31. The molecule has 0 unspecified atom stereocenters. The molecule has 0 atom stereocenters. The van der Waals surface area contributed by atoms with Crippen molar-refractivity contribution in [3.05, 3.63) is 53.0 Å². The molecule has 0 radical (unpaired) electrons. The number of amides is 2. The first-order valence-corrected chi connectivity index (χ1v) is 13.9. The molecule has 1 aromatic heterocycles. The van der Waals surface area contributed by atoms with Crippen LogP contribution in [-0.4, -0.2) is 64.8 Å². The normalized spacial score (nSPS) is 20.2. The average molecular weight is 532 g/mol. The predicted octanol–water partition coefficient (Wildman–Crippen LogP) is 3.65. The van der Waals surface area contributed by atoms with Gasteiger partial charge in [0, 0.05) is 12.1 Å². The summed E-state index contributed by atoms with van der Waals surface area (Å²) in [5.74, 6) is 1.40. The highest BCUT2D eigenvalue weighted by Crippen LogP contribution is 2.26. The Morgan fingerprint density at radius 3 is 2.32 bits per heavy atom. The van der Waals surface area contributed by atoms with Crippen LogP contribution >= 0.6 is 11.8 Å². The Morgan fingerprint density at radius 2 is 1.68 bits per heavy atom. The van der Waals surface area contributed by atoms with Gasteiger partial charge in [0.05, 0.1) is 18.4 Å². The minimum Gasteiger partial charge on any atom is -0.490 e. The highest BCUT2D eigenvalue weighted by atomic mass is 32.2. The SMILES string of the molecule is Cc1ccc(OCCO)c(C(=O)N[C@H]2CC[C@@H](NC(=O)c3cc(F)cnc3OC3CCSCC3)CC2)c1. The summed E-state index contributed by atoms with van der Waals surface area (Å²) in [4.78, 5) is 30.0. The van der Waals surface area contributed by atoms with Crippen LogP contribution in [0.5, 0.6) is 11.6 Å². The lowest BCUT2D eigenvalue weighted by Gasteiger charge is -2.30. The summed E-state index contributed by atoms with van der Waals surface area (Å²) in [5, 5.41) is 15.1. The largest absolute Gasteiger partial charge is 0.490 e. The van der Waals surface area contributed by atoms with Crippen molar-refractivity contribution in [2.75, 3.05) is 24.7 Å². The first kappa shape index (κ1) is 27.2. The number of ether oxygens (including phenoxy) is 2. The van der Waals surface area contributed by atoms with E-state index in [4.69, 9.17) is 14.6 Å². The van der Waals surface area contributed by atoms with Crippen molar-refractivity contribution in [3.63, 3.8) is 0 Å². The number of aliphatic hydroxyl groups is 1. The molecule has 2 aromatic rings. The third-order valence-electron chi connectivity index (χ3n) is 6.64. The zero-order valence-electron chi connectivity index (χ0n) is 21.0. The summed E-state index contributed by atoms with van der Waals surface area (Å²) in [6.07, 6.45) is 5.55. The number of nitrogens with one attached hydrogen (secondary N) is 2. The second-order valence-electron chi connectivity index (χ2n) is 9.50. The standard InChI is InChI=1S/C27H34FN3O5S/c1-17-2-7-24(35-11-10-32)22(14-17)25(33)30-19-3-5-20(6-4-19)31-26(34)23-15-18(28)16-29-27(23)36-21-8-12-37-13-9-21/h2,7,14-16,19-21,32H,3-6,8-13H2,1H3,(H,30,33)(H,31,34)/t19-,20+. The topological polar surface area (TPSA) is 110 Å². The van der Waals surface area contributed by atoms with Gasteiger partial charge >= 0.3 is 0 Å². The van der Waals surface area contributed by atoms with E-state index in [9.17, 15) is 14.0 Å². The van der Waals surface area contributed by atoms with Crippen molar-refractivity contribution < 1.29 is 28.6 Å². The van der Waals surface area contributed by atoms with Gasteiger partial charge in [-0.05, 0) is 75.2 Å². The molecule has 4 rings (SSSR count). The molecule has 1 saturated heterocycles. The summed E-state index contributed by atoms with van der Waals surface area (Å²) < 4.78 is 25.4. The lowest BCUT2D eigenvalue weighted by molar-refractivity contribution is 0.0883. The molecule has 1 aliphatic carbocycles. The number of aliphatic hydroxyl groups excluding tert-OH is 1. The highest BCUT2D eigenvalue weighted by Gasteiger charge is 2.27. The quantitative estimate of drug-likeness (QED) is 0.453. The van der Waals surface area contributed by atoms with Crippen molar-refractivity contribution in [1.29, 1.82) is 0 Å². The fourth-order valence-corrected chi connectivity index (χ4v) is 5.71. The average Bonchev–Trinajstić information content (AvgIpc) is 2.90. The number of aromatic nitrogens is 1. The van der Waals surface area contributed by atoms with Gasteiger partial charge in [-0.2, -0.15) is 11.8 Å². The fraction of sp³-hybridized carbons (Fsp3) is 0.519. The molecule has 10 heteroatoms. The van der Waals surface area contributed by atoms with Crippen LogP contribution in [0, 0.1) is 12.7 Å². The van der Waals surface area contributed by atoms with Crippen molar-refractivity contribution >= 4 is 23.6 Å². The van der Waals surface area contributed by atoms with Gasteiger partial charge in [-0.1, -0.05) is 11.6 Å².